The number of nitrogens with zero attached hydrogens (tertiary/aromatic N) is 1. The molecule has 0 radical (unpaired) electrons. The number of amides is 1. The molecule has 1 aromatic carbocycles. The molecule has 1 atom stereocenters. The number of hydrogen-bond donors (Lipinski definition) is 1. The van der Waals surface area contributed by atoms with Crippen LogP contribution in [0.4, 0.5) is 0 Å². The van der Waals surface area contributed by atoms with Gasteiger partial charge in [-0.25, -0.2) is 0 Å². The highest BCUT2D eigenvalue weighted by atomic mass is 35.5. The summed E-state index contributed by atoms with van der Waals surface area (Å²) in [7, 11) is 0. The van der Waals surface area contributed by atoms with Gasteiger partial charge in [0.25, 0.3) is 5.91 Å². The van der Waals surface area contributed by atoms with Gasteiger partial charge in [-0.1, -0.05) is 11.6 Å². The molecule has 1 heterocycles. The van der Waals surface area contributed by atoms with Crippen LogP contribution >= 0.6 is 11.6 Å². The van der Waals surface area contributed by atoms with Gasteiger partial charge in [0.15, 0.2) is 0 Å². The van der Waals surface area contributed by atoms with Crippen molar-refractivity contribution < 1.29 is 14.6 Å². The van der Waals surface area contributed by atoms with E-state index in [0.29, 0.717) is 35.8 Å². The number of benzene rings is 1. The van der Waals surface area contributed by atoms with E-state index < -0.39 is 6.10 Å². The van der Waals surface area contributed by atoms with Crippen molar-refractivity contribution >= 4 is 17.5 Å². The van der Waals surface area contributed by atoms with Crippen LogP contribution in [0.25, 0.3) is 0 Å². The molecule has 1 saturated heterocycles. The maximum absolute atomic E-state index is 12.6. The smallest absolute Gasteiger partial charge is 0.257 e. The van der Waals surface area contributed by atoms with Crippen molar-refractivity contribution in [3.8, 4) is 5.75 Å². The van der Waals surface area contributed by atoms with E-state index in [-0.39, 0.29) is 12.0 Å². The third-order valence-electron chi connectivity index (χ3n) is 4.22. The molecule has 1 N–H and O–H groups in total. The Balaban J connectivity index is 1.81. The largest absolute Gasteiger partial charge is 0.490 e. The Morgan fingerprint density at radius 1 is 1.29 bits per heavy atom. The Bertz CT molecular complexity index is 528. The molecule has 1 aliphatic heterocycles. The van der Waals surface area contributed by atoms with E-state index in [1.807, 2.05) is 0 Å². The summed E-state index contributed by atoms with van der Waals surface area (Å²) < 4.78 is 6.00. The number of carbonyl (C=O) groups excluding carboxylic acids is 1. The average molecular weight is 310 g/mol. The number of aliphatic hydroxyl groups excluding tert-OH is 1. The van der Waals surface area contributed by atoms with Crippen molar-refractivity contribution in [3.05, 3.63) is 28.8 Å². The fourth-order valence-electron chi connectivity index (χ4n) is 3.05. The summed E-state index contributed by atoms with van der Waals surface area (Å²) in [5, 5.41) is 10.1. The van der Waals surface area contributed by atoms with E-state index >= 15 is 0 Å². The number of hydrogen-bond acceptors (Lipinski definition) is 3. The van der Waals surface area contributed by atoms with E-state index in [9.17, 15) is 9.90 Å². The molecule has 2 fully saturated rings. The monoisotopic (exact) mass is 309 g/mol. The predicted molar refractivity (Wildman–Crippen MR) is 80.9 cm³/mol. The lowest BCUT2D eigenvalue weighted by Crippen LogP contribution is -2.30. The number of aliphatic hydroxyl groups is 1. The molecule has 2 aliphatic rings. The summed E-state index contributed by atoms with van der Waals surface area (Å²) in [6, 6.07) is 5.20. The van der Waals surface area contributed by atoms with Crippen LogP contribution < -0.4 is 4.74 Å². The van der Waals surface area contributed by atoms with Crippen LogP contribution in [0.3, 0.4) is 0 Å². The molecule has 114 valence electrons. The second-order valence-corrected chi connectivity index (χ2v) is 6.29. The number of β-amino-alcohol motifs (C(OH)–C–C–N with tert-alkyl or cyclic N) is 1. The van der Waals surface area contributed by atoms with Crippen LogP contribution in [-0.2, 0) is 0 Å². The highest BCUT2D eigenvalue weighted by Gasteiger charge is 2.28. The van der Waals surface area contributed by atoms with Gasteiger partial charge in [-0.2, -0.15) is 0 Å². The number of ether oxygens (including phenoxy) is 1. The standard InChI is InChI=1S/C16H20ClNO3/c17-11-5-6-15(21-13-3-1-2-4-13)14(9-11)16(20)18-8-7-12(19)10-18/h5-6,9,12-13,19H,1-4,7-8,10H2/t12-/m0/s1. The van der Waals surface area contributed by atoms with Crippen LogP contribution in [0.15, 0.2) is 18.2 Å². The lowest BCUT2D eigenvalue weighted by atomic mass is 10.1. The first kappa shape index (κ1) is 14.7. The first-order chi connectivity index (χ1) is 10.1. The van der Waals surface area contributed by atoms with E-state index in [0.717, 1.165) is 12.8 Å². The van der Waals surface area contributed by atoms with Gasteiger partial charge in [0.2, 0.25) is 0 Å². The molecule has 4 nitrogen and oxygen atoms in total. The minimum absolute atomic E-state index is 0.109. The molecule has 0 aromatic heterocycles. The summed E-state index contributed by atoms with van der Waals surface area (Å²) in [6.45, 7) is 0.962. The molecule has 1 aromatic rings. The fourth-order valence-corrected chi connectivity index (χ4v) is 3.23. The van der Waals surface area contributed by atoms with E-state index in [4.69, 9.17) is 16.3 Å². The maximum atomic E-state index is 12.6. The lowest BCUT2D eigenvalue weighted by Gasteiger charge is -2.20. The lowest BCUT2D eigenvalue weighted by molar-refractivity contribution is 0.0757. The SMILES string of the molecule is O=C(c1cc(Cl)ccc1OC1CCCC1)N1CC[C@H](O)C1. The van der Waals surface area contributed by atoms with Gasteiger partial charge in [0.05, 0.1) is 17.8 Å². The maximum Gasteiger partial charge on any atom is 0.257 e. The van der Waals surface area contributed by atoms with Crippen LogP contribution in [-0.4, -0.2) is 41.2 Å². The molecule has 5 heteroatoms. The third-order valence-corrected chi connectivity index (χ3v) is 4.45. The second-order valence-electron chi connectivity index (χ2n) is 5.86. The zero-order valence-corrected chi connectivity index (χ0v) is 12.7. The molecule has 0 bridgehead atoms. The molecule has 21 heavy (non-hydrogen) atoms. The molecule has 0 unspecified atom stereocenters. The van der Waals surface area contributed by atoms with Gasteiger partial charge in [0.1, 0.15) is 5.75 Å². The van der Waals surface area contributed by atoms with Gasteiger partial charge in [-0.05, 0) is 50.3 Å². The van der Waals surface area contributed by atoms with Crippen molar-refractivity contribution in [2.24, 2.45) is 0 Å². The van der Waals surface area contributed by atoms with Gasteiger partial charge < -0.3 is 14.7 Å². The second kappa shape index (κ2) is 6.24. The Morgan fingerprint density at radius 2 is 2.05 bits per heavy atom. The fraction of sp³-hybridized carbons (Fsp3) is 0.562. The number of rotatable bonds is 3. The average Bonchev–Trinajstić information content (AvgIpc) is 3.11. The third kappa shape index (κ3) is 3.33. The summed E-state index contributed by atoms with van der Waals surface area (Å²) in [6.07, 6.45) is 4.84. The normalized spacial score (nSPS) is 22.8. The molecule has 1 aliphatic carbocycles. The quantitative estimate of drug-likeness (QED) is 0.934. The van der Waals surface area contributed by atoms with Crippen LogP contribution in [0.5, 0.6) is 5.75 Å². The highest BCUT2D eigenvalue weighted by molar-refractivity contribution is 6.31. The topological polar surface area (TPSA) is 49.8 Å². The Morgan fingerprint density at radius 3 is 2.71 bits per heavy atom. The Hall–Kier alpha value is -1.26. The first-order valence-electron chi connectivity index (χ1n) is 7.57. The van der Waals surface area contributed by atoms with E-state index in [1.165, 1.54) is 12.8 Å². The van der Waals surface area contributed by atoms with E-state index in [1.54, 1.807) is 23.1 Å². The van der Waals surface area contributed by atoms with Crippen molar-refractivity contribution in [3.63, 3.8) is 0 Å². The summed E-state index contributed by atoms with van der Waals surface area (Å²) >= 11 is 6.04. The van der Waals surface area contributed by atoms with Crippen molar-refractivity contribution in [2.75, 3.05) is 13.1 Å². The summed E-state index contributed by atoms with van der Waals surface area (Å²) in [5.41, 5.74) is 0.503. The summed E-state index contributed by atoms with van der Waals surface area (Å²) in [4.78, 5) is 14.3. The number of carbonyl (C=O) groups is 1. The van der Waals surface area contributed by atoms with Crippen molar-refractivity contribution in [1.29, 1.82) is 0 Å². The highest BCUT2D eigenvalue weighted by Crippen LogP contribution is 2.30. The zero-order valence-electron chi connectivity index (χ0n) is 11.9. The number of likely N-dealkylation sites (tertiary alicyclic amines) is 1. The minimum Gasteiger partial charge on any atom is -0.490 e. The van der Waals surface area contributed by atoms with Gasteiger partial charge in [0, 0.05) is 18.1 Å². The molecule has 0 spiro atoms. The molecule has 1 amide bonds. The van der Waals surface area contributed by atoms with Crippen molar-refractivity contribution in [1.82, 2.24) is 4.90 Å². The van der Waals surface area contributed by atoms with Crippen molar-refractivity contribution in [2.45, 2.75) is 44.3 Å². The van der Waals surface area contributed by atoms with Gasteiger partial charge >= 0.3 is 0 Å². The zero-order chi connectivity index (χ0) is 14.8. The molecular formula is C16H20ClNO3. The van der Waals surface area contributed by atoms with Gasteiger partial charge in [-0.3, -0.25) is 4.79 Å². The molecular weight excluding hydrogens is 290 g/mol. The number of halogens is 1. The van der Waals surface area contributed by atoms with Crippen LogP contribution in [0.1, 0.15) is 42.5 Å². The molecule has 1 saturated carbocycles. The molecule has 3 rings (SSSR count). The van der Waals surface area contributed by atoms with Gasteiger partial charge in [-0.15, -0.1) is 0 Å². The first-order valence-corrected chi connectivity index (χ1v) is 7.95. The minimum atomic E-state index is -0.424. The van der Waals surface area contributed by atoms with E-state index in [2.05, 4.69) is 0 Å². The van der Waals surface area contributed by atoms with Crippen LogP contribution in [0.2, 0.25) is 5.02 Å². The Kier molecular flexibility index (Phi) is 4.36. The predicted octanol–water partition coefficient (Wildman–Crippen LogP) is 2.87. The Labute approximate surface area is 129 Å². The van der Waals surface area contributed by atoms with Crippen LogP contribution in [0, 0.1) is 0 Å². The summed E-state index contributed by atoms with van der Waals surface area (Å²) in [5.74, 6) is 0.500.